The molecule has 0 aliphatic rings. The Kier molecular flexibility index (Phi) is 7.77. The summed E-state index contributed by atoms with van der Waals surface area (Å²) in [4.78, 5) is 0. The van der Waals surface area contributed by atoms with Crippen molar-refractivity contribution in [2.24, 2.45) is 7.05 Å². The van der Waals surface area contributed by atoms with Crippen LogP contribution in [0.2, 0.25) is 0 Å². The molecule has 0 spiro atoms. The van der Waals surface area contributed by atoms with E-state index in [0.29, 0.717) is 6.04 Å². The first-order chi connectivity index (χ1) is 9.54. The van der Waals surface area contributed by atoms with E-state index in [1.165, 1.54) is 5.69 Å². The zero-order valence-corrected chi connectivity index (χ0v) is 15.0. The topological polar surface area (TPSA) is 39.1 Å². The fraction of sp³-hybridized carbons (Fsp3) is 0.800. The molecule has 0 saturated heterocycles. The highest BCUT2D eigenvalue weighted by molar-refractivity contribution is 9.10. The van der Waals surface area contributed by atoms with E-state index in [9.17, 15) is 0 Å². The predicted molar refractivity (Wildman–Crippen MR) is 87.1 cm³/mol. The molecular formula is C15H28BrN3O. The largest absolute Gasteiger partial charge is 0.377 e. The van der Waals surface area contributed by atoms with E-state index in [1.54, 1.807) is 0 Å². The molecular weight excluding hydrogens is 318 g/mol. The van der Waals surface area contributed by atoms with Gasteiger partial charge in [0.25, 0.3) is 0 Å². The molecule has 2 atom stereocenters. The van der Waals surface area contributed by atoms with Gasteiger partial charge in [0.15, 0.2) is 0 Å². The maximum Gasteiger partial charge on any atom is 0.0738 e. The Morgan fingerprint density at radius 3 is 2.50 bits per heavy atom. The third kappa shape index (κ3) is 4.57. The zero-order chi connectivity index (χ0) is 15.1. The molecule has 0 aromatic carbocycles. The number of aryl methyl sites for hydroxylation is 2. The van der Waals surface area contributed by atoms with Crippen LogP contribution in [-0.2, 0) is 18.2 Å². The van der Waals surface area contributed by atoms with Crippen molar-refractivity contribution >= 4 is 15.9 Å². The van der Waals surface area contributed by atoms with Gasteiger partial charge in [0.05, 0.1) is 22.0 Å². The third-order valence-corrected chi connectivity index (χ3v) is 4.59. The van der Waals surface area contributed by atoms with Crippen LogP contribution >= 0.6 is 15.9 Å². The third-order valence-electron chi connectivity index (χ3n) is 3.56. The minimum atomic E-state index is 0.244. The minimum absolute atomic E-state index is 0.244. The highest BCUT2D eigenvalue weighted by Crippen LogP contribution is 2.23. The van der Waals surface area contributed by atoms with E-state index in [-0.39, 0.29) is 6.10 Å². The molecule has 0 bridgehead atoms. The van der Waals surface area contributed by atoms with Crippen LogP contribution in [0.3, 0.4) is 0 Å². The van der Waals surface area contributed by atoms with Crippen LogP contribution < -0.4 is 5.32 Å². The van der Waals surface area contributed by atoms with E-state index in [0.717, 1.165) is 42.6 Å². The summed E-state index contributed by atoms with van der Waals surface area (Å²) >= 11 is 3.66. The molecule has 20 heavy (non-hydrogen) atoms. The first kappa shape index (κ1) is 17.7. The average molecular weight is 346 g/mol. The van der Waals surface area contributed by atoms with Gasteiger partial charge in [-0.25, -0.2) is 0 Å². The summed E-state index contributed by atoms with van der Waals surface area (Å²) in [5.74, 6) is 0. The molecule has 0 aliphatic carbocycles. The van der Waals surface area contributed by atoms with E-state index in [2.05, 4.69) is 47.1 Å². The standard InChI is InChI=1S/C15H28BrN3O/c1-6-9-17-12(14(7-2)20-8-3)10-13-15(16)11(4)18-19(13)5/h12,14,17H,6-10H2,1-5H3. The van der Waals surface area contributed by atoms with Crippen LogP contribution in [0.1, 0.15) is 45.0 Å². The van der Waals surface area contributed by atoms with Crippen molar-refractivity contribution < 1.29 is 4.74 Å². The maximum absolute atomic E-state index is 5.90. The molecule has 2 unspecified atom stereocenters. The number of hydrogen-bond donors (Lipinski definition) is 1. The summed E-state index contributed by atoms with van der Waals surface area (Å²) in [6.45, 7) is 10.2. The molecule has 1 heterocycles. The van der Waals surface area contributed by atoms with Gasteiger partial charge in [0.1, 0.15) is 0 Å². The molecule has 1 aromatic rings. The number of hydrogen-bond acceptors (Lipinski definition) is 3. The summed E-state index contributed by atoms with van der Waals surface area (Å²) in [5, 5.41) is 8.11. The summed E-state index contributed by atoms with van der Waals surface area (Å²) in [6.07, 6.45) is 3.32. The van der Waals surface area contributed by atoms with Gasteiger partial charge >= 0.3 is 0 Å². The van der Waals surface area contributed by atoms with Crippen LogP contribution in [0.5, 0.6) is 0 Å². The number of nitrogens with zero attached hydrogens (tertiary/aromatic N) is 2. The first-order valence-electron chi connectivity index (χ1n) is 7.57. The quantitative estimate of drug-likeness (QED) is 0.746. The predicted octanol–water partition coefficient (Wildman–Crippen LogP) is 3.22. The smallest absolute Gasteiger partial charge is 0.0738 e. The van der Waals surface area contributed by atoms with E-state index in [4.69, 9.17) is 4.74 Å². The molecule has 1 aromatic heterocycles. The molecule has 5 heteroatoms. The van der Waals surface area contributed by atoms with Gasteiger partial charge in [-0.2, -0.15) is 5.10 Å². The van der Waals surface area contributed by atoms with Gasteiger partial charge in [0.2, 0.25) is 0 Å². The van der Waals surface area contributed by atoms with Gasteiger partial charge in [-0.3, -0.25) is 4.68 Å². The second-order valence-electron chi connectivity index (χ2n) is 5.14. The van der Waals surface area contributed by atoms with Crippen LogP contribution in [0, 0.1) is 6.92 Å². The van der Waals surface area contributed by atoms with Crippen molar-refractivity contribution in [3.8, 4) is 0 Å². The lowest BCUT2D eigenvalue weighted by atomic mass is 10.0. The molecule has 0 fully saturated rings. The highest BCUT2D eigenvalue weighted by atomic mass is 79.9. The Bertz CT molecular complexity index is 406. The number of nitrogens with one attached hydrogen (secondary N) is 1. The summed E-state index contributed by atoms with van der Waals surface area (Å²) < 4.78 is 8.99. The van der Waals surface area contributed by atoms with Crippen LogP contribution in [0.15, 0.2) is 4.47 Å². The lowest BCUT2D eigenvalue weighted by Crippen LogP contribution is -2.43. The number of halogens is 1. The van der Waals surface area contributed by atoms with Crippen molar-refractivity contribution in [2.45, 2.75) is 59.1 Å². The van der Waals surface area contributed by atoms with Crippen molar-refractivity contribution in [2.75, 3.05) is 13.2 Å². The van der Waals surface area contributed by atoms with Gasteiger partial charge < -0.3 is 10.1 Å². The fourth-order valence-corrected chi connectivity index (χ4v) is 3.01. The van der Waals surface area contributed by atoms with Crippen molar-refractivity contribution in [3.05, 3.63) is 15.9 Å². The highest BCUT2D eigenvalue weighted by Gasteiger charge is 2.23. The lowest BCUT2D eigenvalue weighted by Gasteiger charge is -2.27. The molecule has 0 radical (unpaired) electrons. The minimum Gasteiger partial charge on any atom is -0.377 e. The normalized spacial score (nSPS) is 14.5. The Balaban J connectivity index is 2.87. The van der Waals surface area contributed by atoms with Crippen LogP contribution in [0.25, 0.3) is 0 Å². The molecule has 116 valence electrons. The SMILES string of the molecule is CCCNC(Cc1c(Br)c(C)nn1C)C(CC)OCC. The summed E-state index contributed by atoms with van der Waals surface area (Å²) in [7, 11) is 2.01. The van der Waals surface area contributed by atoms with E-state index in [1.807, 2.05) is 18.7 Å². The average Bonchev–Trinajstić information content (AvgIpc) is 2.67. The van der Waals surface area contributed by atoms with E-state index < -0.39 is 0 Å². The maximum atomic E-state index is 5.90. The number of ether oxygens (including phenoxy) is 1. The lowest BCUT2D eigenvalue weighted by molar-refractivity contribution is 0.0315. The van der Waals surface area contributed by atoms with Crippen molar-refractivity contribution in [3.63, 3.8) is 0 Å². The van der Waals surface area contributed by atoms with Gasteiger partial charge in [0, 0.05) is 26.1 Å². The summed E-state index contributed by atoms with van der Waals surface area (Å²) in [6, 6.07) is 0.325. The molecule has 1 N–H and O–H groups in total. The molecule has 1 rings (SSSR count). The van der Waals surface area contributed by atoms with Crippen molar-refractivity contribution in [1.82, 2.24) is 15.1 Å². The fourth-order valence-electron chi connectivity index (χ4n) is 2.51. The van der Waals surface area contributed by atoms with Crippen LogP contribution in [-0.4, -0.2) is 35.1 Å². The Hall–Kier alpha value is -0.390. The molecule has 0 aliphatic heterocycles. The molecule has 4 nitrogen and oxygen atoms in total. The van der Waals surface area contributed by atoms with Gasteiger partial charge in [-0.1, -0.05) is 13.8 Å². The Morgan fingerprint density at radius 2 is 2.05 bits per heavy atom. The first-order valence-corrected chi connectivity index (χ1v) is 8.37. The second-order valence-corrected chi connectivity index (χ2v) is 5.93. The van der Waals surface area contributed by atoms with Crippen molar-refractivity contribution in [1.29, 1.82) is 0 Å². The molecule has 0 amide bonds. The van der Waals surface area contributed by atoms with E-state index >= 15 is 0 Å². The monoisotopic (exact) mass is 345 g/mol. The van der Waals surface area contributed by atoms with Crippen LogP contribution in [0.4, 0.5) is 0 Å². The van der Waals surface area contributed by atoms with Gasteiger partial charge in [-0.15, -0.1) is 0 Å². The van der Waals surface area contributed by atoms with Gasteiger partial charge in [-0.05, 0) is 49.2 Å². The second kappa shape index (κ2) is 8.80. The Morgan fingerprint density at radius 1 is 1.35 bits per heavy atom. The Labute approximate surface area is 131 Å². The molecule has 0 saturated carbocycles. The zero-order valence-electron chi connectivity index (χ0n) is 13.4. The number of rotatable bonds is 9. The number of aromatic nitrogens is 2. The summed E-state index contributed by atoms with van der Waals surface area (Å²) in [5.41, 5.74) is 2.27.